The van der Waals surface area contributed by atoms with E-state index in [1.165, 1.54) is 17.4 Å². The largest absolute Gasteiger partial charge is 0.321 e. The Kier molecular flexibility index (Phi) is 5.50. The topological polar surface area (TPSA) is 93.1 Å². The second-order valence-corrected chi connectivity index (χ2v) is 10.1. The van der Waals surface area contributed by atoms with Crippen LogP contribution in [0.4, 0.5) is 11.4 Å². The molecule has 1 amide bonds. The lowest BCUT2D eigenvalue weighted by Gasteiger charge is -2.13. The number of hydrogen-bond acceptors (Lipinski definition) is 5. The molecule has 0 radical (unpaired) electrons. The number of rotatable bonds is 5. The van der Waals surface area contributed by atoms with Crippen molar-refractivity contribution in [1.82, 2.24) is 9.78 Å². The molecule has 0 aliphatic heterocycles. The van der Waals surface area contributed by atoms with E-state index >= 15 is 0 Å². The van der Waals surface area contributed by atoms with Crippen LogP contribution in [0.25, 0.3) is 10.2 Å². The molecule has 0 spiro atoms. The van der Waals surface area contributed by atoms with Gasteiger partial charge in [-0.15, -0.1) is 11.3 Å². The maximum atomic E-state index is 13.0. The number of fused-ring (bicyclic) bond motifs is 1. The molecule has 0 unspecified atom stereocenters. The number of amides is 1. The van der Waals surface area contributed by atoms with Crippen molar-refractivity contribution >= 4 is 60.5 Å². The summed E-state index contributed by atoms with van der Waals surface area (Å²) in [5, 5.41) is 8.34. The van der Waals surface area contributed by atoms with Crippen LogP contribution in [-0.4, -0.2) is 24.1 Å². The van der Waals surface area contributed by atoms with Crippen molar-refractivity contribution < 1.29 is 13.2 Å². The maximum Gasteiger partial charge on any atom is 0.265 e. The van der Waals surface area contributed by atoms with E-state index in [1.807, 2.05) is 14.0 Å². The van der Waals surface area contributed by atoms with Gasteiger partial charge in [0.15, 0.2) is 0 Å². The second-order valence-electron chi connectivity index (χ2n) is 7.06. The van der Waals surface area contributed by atoms with Crippen molar-refractivity contribution in [3.63, 3.8) is 0 Å². The number of hydrogen-bond donors (Lipinski definition) is 2. The number of carbonyl (C=O) groups excluding carboxylic acids is 1. The summed E-state index contributed by atoms with van der Waals surface area (Å²) >= 11 is 7.41. The summed E-state index contributed by atoms with van der Waals surface area (Å²) in [7, 11) is -2.08. The SMILES string of the molecule is Cc1ccc(NC(=O)c2cc3c(C)nn(C)c3s2)cc1S(=O)(=O)Nc1ccccc1Cl. The molecule has 2 aromatic carbocycles. The lowest BCUT2D eigenvalue weighted by molar-refractivity contribution is 0.103. The third-order valence-electron chi connectivity index (χ3n) is 4.77. The number of aryl methyl sites for hydroxylation is 3. The molecule has 7 nitrogen and oxygen atoms in total. The van der Waals surface area contributed by atoms with Gasteiger partial charge in [0, 0.05) is 18.1 Å². The van der Waals surface area contributed by atoms with Crippen LogP contribution in [-0.2, 0) is 17.1 Å². The van der Waals surface area contributed by atoms with Crippen LogP contribution in [0.3, 0.4) is 0 Å². The van der Waals surface area contributed by atoms with E-state index in [0.29, 0.717) is 21.2 Å². The molecule has 4 rings (SSSR count). The lowest BCUT2D eigenvalue weighted by Crippen LogP contribution is -2.16. The molecule has 160 valence electrons. The molecule has 10 heteroatoms. The number of aromatic nitrogens is 2. The molecule has 2 heterocycles. The van der Waals surface area contributed by atoms with E-state index < -0.39 is 10.0 Å². The number of halogens is 1. The first-order valence-electron chi connectivity index (χ1n) is 9.28. The van der Waals surface area contributed by atoms with Crippen LogP contribution in [0.5, 0.6) is 0 Å². The molecular formula is C21H19ClN4O3S2. The number of nitrogens with one attached hydrogen (secondary N) is 2. The van der Waals surface area contributed by atoms with Gasteiger partial charge in [0.05, 0.1) is 26.2 Å². The summed E-state index contributed by atoms with van der Waals surface area (Å²) in [5.41, 5.74) is 2.05. The van der Waals surface area contributed by atoms with Gasteiger partial charge in [-0.2, -0.15) is 5.10 Å². The van der Waals surface area contributed by atoms with Crippen molar-refractivity contribution in [2.45, 2.75) is 18.7 Å². The van der Waals surface area contributed by atoms with Gasteiger partial charge in [0.2, 0.25) is 0 Å². The minimum atomic E-state index is -3.91. The Balaban J connectivity index is 1.61. The van der Waals surface area contributed by atoms with Gasteiger partial charge >= 0.3 is 0 Å². The fourth-order valence-corrected chi connectivity index (χ4v) is 5.83. The normalized spacial score (nSPS) is 11.6. The van der Waals surface area contributed by atoms with E-state index in [0.717, 1.165) is 15.9 Å². The van der Waals surface area contributed by atoms with Gasteiger partial charge in [0.25, 0.3) is 15.9 Å². The van der Waals surface area contributed by atoms with Crippen molar-refractivity contribution in [2.75, 3.05) is 10.0 Å². The molecule has 2 aromatic heterocycles. The van der Waals surface area contributed by atoms with E-state index in [1.54, 1.807) is 54.1 Å². The molecule has 0 fully saturated rings. The number of thiophene rings is 1. The molecule has 0 aliphatic carbocycles. The maximum absolute atomic E-state index is 13.0. The standard InChI is InChI=1S/C21H19ClN4O3S2/c1-12-8-9-14(10-19(12)31(28,29)25-17-7-5-4-6-16(17)22)23-20(27)18-11-15-13(2)24-26(3)21(15)30-18/h4-11,25H,1-3H3,(H,23,27). The van der Waals surface area contributed by atoms with Crippen molar-refractivity contribution in [3.8, 4) is 0 Å². The number of carbonyl (C=O) groups is 1. The van der Waals surface area contributed by atoms with Crippen molar-refractivity contribution in [1.29, 1.82) is 0 Å². The fourth-order valence-electron chi connectivity index (χ4n) is 3.22. The lowest BCUT2D eigenvalue weighted by atomic mass is 10.2. The molecular weight excluding hydrogens is 456 g/mol. The average molecular weight is 475 g/mol. The second kappa shape index (κ2) is 7.99. The summed E-state index contributed by atoms with van der Waals surface area (Å²) in [5.74, 6) is -0.313. The van der Waals surface area contributed by atoms with E-state index in [4.69, 9.17) is 11.6 Å². The quantitative estimate of drug-likeness (QED) is 0.427. The van der Waals surface area contributed by atoms with Crippen LogP contribution in [0.1, 0.15) is 20.9 Å². The van der Waals surface area contributed by atoms with Crippen molar-refractivity contribution in [3.05, 3.63) is 69.7 Å². The number of nitrogens with zero attached hydrogens (tertiary/aromatic N) is 2. The smallest absolute Gasteiger partial charge is 0.265 e. The fraction of sp³-hybridized carbons (Fsp3) is 0.143. The summed E-state index contributed by atoms with van der Waals surface area (Å²) in [6.07, 6.45) is 0. The van der Waals surface area contributed by atoms with Crippen LogP contribution in [0.15, 0.2) is 53.4 Å². The monoisotopic (exact) mass is 474 g/mol. The summed E-state index contributed by atoms with van der Waals surface area (Å²) in [4.78, 5) is 14.3. The zero-order chi connectivity index (χ0) is 22.3. The van der Waals surface area contributed by atoms with Gasteiger partial charge < -0.3 is 5.32 Å². The molecule has 4 aromatic rings. The van der Waals surface area contributed by atoms with E-state index in [9.17, 15) is 13.2 Å². The minimum Gasteiger partial charge on any atom is -0.321 e. The van der Waals surface area contributed by atoms with Gasteiger partial charge in [-0.1, -0.05) is 29.8 Å². The number of para-hydroxylation sites is 1. The first-order valence-corrected chi connectivity index (χ1v) is 12.0. The average Bonchev–Trinajstić information content (AvgIpc) is 3.26. The first kappa shape index (κ1) is 21.4. The number of sulfonamides is 1. The van der Waals surface area contributed by atoms with Crippen LogP contribution >= 0.6 is 22.9 Å². The molecule has 0 aliphatic rings. The highest BCUT2D eigenvalue weighted by Gasteiger charge is 2.20. The van der Waals surface area contributed by atoms with Gasteiger partial charge in [-0.25, -0.2) is 8.42 Å². The predicted octanol–water partition coefficient (Wildman–Crippen LogP) is 4.96. The summed E-state index contributed by atoms with van der Waals surface area (Å²) in [6, 6.07) is 13.1. The van der Waals surface area contributed by atoms with Crippen LogP contribution < -0.4 is 10.0 Å². The Morgan fingerprint density at radius 1 is 1.13 bits per heavy atom. The number of anilines is 2. The molecule has 2 N–H and O–H groups in total. The number of benzene rings is 2. The third kappa shape index (κ3) is 4.16. The molecule has 0 bridgehead atoms. The van der Waals surface area contributed by atoms with Gasteiger partial charge in [-0.3, -0.25) is 14.2 Å². The van der Waals surface area contributed by atoms with Gasteiger partial charge in [-0.05, 0) is 49.7 Å². The predicted molar refractivity (Wildman–Crippen MR) is 125 cm³/mol. The first-order chi connectivity index (χ1) is 14.7. The van der Waals surface area contributed by atoms with Gasteiger partial charge in [0.1, 0.15) is 4.83 Å². The highest BCUT2D eigenvalue weighted by atomic mass is 35.5. The van der Waals surface area contributed by atoms with E-state index in [-0.39, 0.29) is 16.5 Å². The zero-order valence-electron chi connectivity index (χ0n) is 16.9. The summed E-state index contributed by atoms with van der Waals surface area (Å²) < 4.78 is 30.1. The Morgan fingerprint density at radius 2 is 1.87 bits per heavy atom. The Morgan fingerprint density at radius 3 is 2.58 bits per heavy atom. The Bertz CT molecular complexity index is 1390. The molecule has 0 saturated carbocycles. The van der Waals surface area contributed by atoms with E-state index in [2.05, 4.69) is 15.1 Å². The molecule has 0 saturated heterocycles. The molecule has 31 heavy (non-hydrogen) atoms. The van der Waals surface area contributed by atoms with Crippen LogP contribution in [0.2, 0.25) is 5.02 Å². The highest BCUT2D eigenvalue weighted by molar-refractivity contribution is 7.92. The summed E-state index contributed by atoms with van der Waals surface area (Å²) in [6.45, 7) is 3.58. The van der Waals surface area contributed by atoms with Crippen molar-refractivity contribution in [2.24, 2.45) is 7.05 Å². The third-order valence-corrected chi connectivity index (χ3v) is 7.81. The Hall–Kier alpha value is -2.88. The molecule has 0 atom stereocenters. The highest BCUT2D eigenvalue weighted by Crippen LogP contribution is 2.30. The van der Waals surface area contributed by atoms with Crippen LogP contribution in [0, 0.1) is 13.8 Å². The minimum absolute atomic E-state index is 0.0570. The Labute approximate surface area is 188 Å². The zero-order valence-corrected chi connectivity index (χ0v) is 19.3.